The summed E-state index contributed by atoms with van der Waals surface area (Å²) in [5.41, 5.74) is 4.27. The second-order valence-corrected chi connectivity index (χ2v) is 7.24. The summed E-state index contributed by atoms with van der Waals surface area (Å²) in [5, 5.41) is 15.1. The number of fused-ring (bicyclic) bond motifs is 1. The second-order valence-electron chi connectivity index (χ2n) is 6.42. The van der Waals surface area contributed by atoms with Crippen molar-refractivity contribution in [1.82, 2.24) is 20.3 Å². The minimum Gasteiger partial charge on any atom is -0.331 e. The highest BCUT2D eigenvalue weighted by atomic mass is 35.5. The van der Waals surface area contributed by atoms with Crippen molar-refractivity contribution in [2.75, 3.05) is 5.32 Å². The molecule has 0 unspecified atom stereocenters. The van der Waals surface area contributed by atoms with Crippen molar-refractivity contribution in [3.63, 3.8) is 0 Å². The quantitative estimate of drug-likeness (QED) is 0.476. The Kier molecular flexibility index (Phi) is 5.24. The van der Waals surface area contributed by atoms with Crippen LogP contribution in [0.1, 0.15) is 15.9 Å². The molecular formula is C21H16ClN5OS. The smallest absolute Gasteiger partial charge is 0.257 e. The number of nitrogens with zero attached hydrogens (tertiary/aromatic N) is 3. The molecule has 4 aromatic rings. The molecule has 3 aromatic carbocycles. The molecule has 0 aliphatic carbocycles. The number of hydrogen-bond donors (Lipinski definition) is 2. The zero-order valence-electron chi connectivity index (χ0n) is 15.4. The highest BCUT2D eigenvalue weighted by Gasteiger charge is 2.12. The molecule has 0 bridgehead atoms. The number of benzene rings is 3. The molecule has 6 nitrogen and oxygen atoms in total. The average Bonchev–Trinajstić information content (AvgIpc) is 3.12. The van der Waals surface area contributed by atoms with Crippen molar-refractivity contribution in [2.45, 2.75) is 6.92 Å². The number of carbonyl (C=O) groups excluding carboxylic acids is 1. The molecule has 0 saturated heterocycles. The number of aromatic nitrogens is 3. The van der Waals surface area contributed by atoms with Gasteiger partial charge < -0.3 is 5.32 Å². The van der Waals surface area contributed by atoms with E-state index in [0.717, 1.165) is 11.3 Å². The number of carbonyl (C=O) groups is 1. The van der Waals surface area contributed by atoms with Crippen molar-refractivity contribution in [1.29, 1.82) is 0 Å². The Hall–Kier alpha value is -3.29. The molecule has 0 fully saturated rings. The van der Waals surface area contributed by atoms with Crippen LogP contribution in [0.3, 0.4) is 0 Å². The summed E-state index contributed by atoms with van der Waals surface area (Å²) >= 11 is 11.6. The first kappa shape index (κ1) is 19.0. The molecule has 0 aliphatic rings. The third kappa shape index (κ3) is 4.26. The summed E-state index contributed by atoms with van der Waals surface area (Å²) in [4.78, 5) is 13.9. The van der Waals surface area contributed by atoms with E-state index in [2.05, 4.69) is 20.8 Å². The lowest BCUT2D eigenvalue weighted by atomic mass is 10.1. The molecule has 4 rings (SSSR count). The maximum atomic E-state index is 12.3. The molecular weight excluding hydrogens is 406 g/mol. The van der Waals surface area contributed by atoms with Crippen LogP contribution in [0.5, 0.6) is 0 Å². The molecule has 29 heavy (non-hydrogen) atoms. The van der Waals surface area contributed by atoms with Gasteiger partial charge in [-0.1, -0.05) is 47.5 Å². The fraction of sp³-hybridized carbons (Fsp3) is 0.0476. The third-order valence-corrected chi connectivity index (χ3v) is 4.76. The number of aryl methyl sites for hydroxylation is 1. The summed E-state index contributed by atoms with van der Waals surface area (Å²) in [7, 11) is 0. The first-order valence-corrected chi connectivity index (χ1v) is 9.59. The molecule has 1 heterocycles. The van der Waals surface area contributed by atoms with E-state index in [9.17, 15) is 4.79 Å². The van der Waals surface area contributed by atoms with Crippen LogP contribution in [0.25, 0.3) is 16.7 Å². The fourth-order valence-corrected chi connectivity index (χ4v) is 3.15. The van der Waals surface area contributed by atoms with Crippen molar-refractivity contribution in [3.05, 3.63) is 82.9 Å². The van der Waals surface area contributed by atoms with Gasteiger partial charge in [-0.05, 0) is 55.5 Å². The van der Waals surface area contributed by atoms with E-state index >= 15 is 0 Å². The molecule has 0 spiro atoms. The Morgan fingerprint density at radius 2 is 1.66 bits per heavy atom. The Labute approximate surface area is 177 Å². The fourth-order valence-electron chi connectivity index (χ4n) is 2.74. The van der Waals surface area contributed by atoms with Gasteiger partial charge in [-0.2, -0.15) is 4.80 Å². The first-order chi connectivity index (χ1) is 14.0. The average molecular weight is 422 g/mol. The predicted molar refractivity (Wildman–Crippen MR) is 119 cm³/mol. The summed E-state index contributed by atoms with van der Waals surface area (Å²) < 4.78 is 0. The monoisotopic (exact) mass is 421 g/mol. The van der Waals surface area contributed by atoms with Crippen molar-refractivity contribution < 1.29 is 4.79 Å². The van der Waals surface area contributed by atoms with Crippen LogP contribution in [0.15, 0.2) is 66.7 Å². The normalized spacial score (nSPS) is 10.7. The maximum Gasteiger partial charge on any atom is 0.257 e. The van der Waals surface area contributed by atoms with E-state index in [1.807, 2.05) is 49.4 Å². The number of thiocarbonyl (C=S) groups is 1. The van der Waals surface area contributed by atoms with Gasteiger partial charge in [-0.25, -0.2) is 0 Å². The van der Waals surface area contributed by atoms with E-state index in [0.29, 0.717) is 27.3 Å². The van der Waals surface area contributed by atoms with Gasteiger partial charge in [0.1, 0.15) is 11.0 Å². The SMILES string of the molecule is Cc1ccc(C(=O)NC(=S)Nc2cc3nn(-c4ccccc4)nc3cc2Cl)cc1. The van der Waals surface area contributed by atoms with Gasteiger partial charge in [0.2, 0.25) is 0 Å². The topological polar surface area (TPSA) is 71.8 Å². The largest absolute Gasteiger partial charge is 0.331 e. The van der Waals surface area contributed by atoms with E-state index in [4.69, 9.17) is 23.8 Å². The molecule has 0 atom stereocenters. The molecule has 0 saturated carbocycles. The number of amides is 1. The highest BCUT2D eigenvalue weighted by Crippen LogP contribution is 2.27. The standard InChI is InChI=1S/C21H16ClN5OS/c1-13-7-9-14(10-8-13)20(28)24-21(29)23-17-12-19-18(11-16(17)22)25-27(26-19)15-5-3-2-4-6-15/h2-12H,1H3,(H2,23,24,28,29). The summed E-state index contributed by atoms with van der Waals surface area (Å²) in [6.45, 7) is 1.96. The van der Waals surface area contributed by atoms with Gasteiger partial charge in [0.05, 0.1) is 16.4 Å². The Bertz CT molecular complexity index is 1210. The summed E-state index contributed by atoms with van der Waals surface area (Å²) in [6, 6.07) is 20.3. The molecule has 0 radical (unpaired) electrons. The minimum atomic E-state index is -0.297. The van der Waals surface area contributed by atoms with Crippen LogP contribution < -0.4 is 10.6 Å². The van der Waals surface area contributed by atoms with Gasteiger partial charge in [0.15, 0.2) is 5.11 Å². The highest BCUT2D eigenvalue weighted by molar-refractivity contribution is 7.80. The number of nitrogens with one attached hydrogen (secondary N) is 2. The van der Waals surface area contributed by atoms with E-state index in [1.54, 1.807) is 29.1 Å². The predicted octanol–water partition coefficient (Wildman–Crippen LogP) is 4.51. The number of para-hydroxylation sites is 1. The zero-order valence-corrected chi connectivity index (χ0v) is 17.0. The molecule has 0 aliphatic heterocycles. The van der Waals surface area contributed by atoms with Gasteiger partial charge in [0, 0.05) is 5.56 Å². The van der Waals surface area contributed by atoms with Crippen molar-refractivity contribution in [2.24, 2.45) is 0 Å². The Morgan fingerprint density at radius 3 is 2.34 bits per heavy atom. The van der Waals surface area contributed by atoms with Gasteiger partial charge in [0.25, 0.3) is 5.91 Å². The summed E-state index contributed by atoms with van der Waals surface area (Å²) in [6.07, 6.45) is 0. The molecule has 144 valence electrons. The number of halogens is 1. The van der Waals surface area contributed by atoms with Crippen LogP contribution in [0, 0.1) is 6.92 Å². The first-order valence-electron chi connectivity index (χ1n) is 8.80. The lowest BCUT2D eigenvalue weighted by Crippen LogP contribution is -2.34. The van der Waals surface area contributed by atoms with Gasteiger partial charge in [-0.3, -0.25) is 10.1 Å². The van der Waals surface area contributed by atoms with Crippen molar-refractivity contribution >= 4 is 51.6 Å². The number of anilines is 1. The summed E-state index contributed by atoms with van der Waals surface area (Å²) in [5.74, 6) is -0.297. The number of hydrogen-bond acceptors (Lipinski definition) is 4. The van der Waals surface area contributed by atoms with Gasteiger partial charge >= 0.3 is 0 Å². The van der Waals surface area contributed by atoms with Crippen molar-refractivity contribution in [3.8, 4) is 5.69 Å². The molecule has 8 heteroatoms. The van der Waals surface area contributed by atoms with Crippen LogP contribution in [0.4, 0.5) is 5.69 Å². The third-order valence-electron chi connectivity index (χ3n) is 4.25. The van der Waals surface area contributed by atoms with E-state index < -0.39 is 0 Å². The number of rotatable bonds is 3. The molecule has 1 aromatic heterocycles. The van der Waals surface area contributed by atoms with Gasteiger partial charge in [-0.15, -0.1) is 10.2 Å². The lowest BCUT2D eigenvalue weighted by molar-refractivity contribution is 0.0977. The Morgan fingerprint density at radius 1 is 1.00 bits per heavy atom. The zero-order chi connectivity index (χ0) is 20.4. The molecule has 1 amide bonds. The maximum absolute atomic E-state index is 12.3. The van der Waals surface area contributed by atoms with Crippen LogP contribution >= 0.6 is 23.8 Å². The lowest BCUT2D eigenvalue weighted by Gasteiger charge is -2.11. The minimum absolute atomic E-state index is 0.146. The Balaban J connectivity index is 1.52. The van der Waals surface area contributed by atoms with Crippen LogP contribution in [-0.2, 0) is 0 Å². The second kappa shape index (κ2) is 7.98. The molecule has 2 N–H and O–H groups in total. The van der Waals surface area contributed by atoms with E-state index in [-0.39, 0.29) is 11.0 Å². The van der Waals surface area contributed by atoms with Crippen LogP contribution in [-0.4, -0.2) is 26.0 Å². The van der Waals surface area contributed by atoms with Crippen LogP contribution in [0.2, 0.25) is 5.02 Å². The van der Waals surface area contributed by atoms with E-state index in [1.165, 1.54) is 0 Å².